The van der Waals surface area contributed by atoms with E-state index in [1.807, 2.05) is 4.90 Å². The van der Waals surface area contributed by atoms with Crippen LogP contribution in [0.4, 0.5) is 13.2 Å². The first-order valence-electron chi connectivity index (χ1n) is 13.4. The van der Waals surface area contributed by atoms with Crippen LogP contribution in [0.3, 0.4) is 0 Å². The highest BCUT2D eigenvalue weighted by molar-refractivity contribution is 6.31. The van der Waals surface area contributed by atoms with Crippen LogP contribution in [0.2, 0.25) is 5.02 Å². The van der Waals surface area contributed by atoms with Crippen LogP contribution in [-0.4, -0.2) is 55.7 Å². The van der Waals surface area contributed by atoms with Gasteiger partial charge < -0.3 is 24.9 Å². The Morgan fingerprint density at radius 3 is 2.56 bits per heavy atom. The fraction of sp³-hybridized carbons (Fsp3) is 0.310. The summed E-state index contributed by atoms with van der Waals surface area (Å²) in [5.74, 6) is -4.62. The molecule has 3 N–H and O–H groups in total. The molecular formula is C29H25ClF3N5O5. The largest absolute Gasteiger partial charge is 0.478 e. The van der Waals surface area contributed by atoms with Gasteiger partial charge in [-0.2, -0.15) is 0 Å². The second-order valence-electron chi connectivity index (χ2n) is 10.4. The lowest BCUT2D eigenvalue weighted by atomic mass is 10.1. The van der Waals surface area contributed by atoms with Gasteiger partial charge in [-0.1, -0.05) is 11.6 Å². The summed E-state index contributed by atoms with van der Waals surface area (Å²) in [5.41, 5.74) is 5.95. The lowest BCUT2D eigenvalue weighted by Gasteiger charge is -2.30. The standard InChI is InChI=1S/C29H25ClF3N5O5/c30-19-7-14-3-5-37(11-23(14)36-28(19)43-13-18-20(31)8-15(27(34)39)9-21(18)32)12-24-35-22-2-1-17(29(40)41)25(33)26(22)38(24)10-16-4-6-42-16/h1-2,7-9,16H,3-6,10-13H2,(H2,34,39)(H,40,41)/t16-/m0/s1. The Morgan fingerprint density at radius 2 is 1.91 bits per heavy atom. The van der Waals surface area contributed by atoms with Crippen molar-refractivity contribution in [2.24, 2.45) is 5.73 Å². The Bertz CT molecular complexity index is 1750. The normalized spacial score (nSPS) is 16.6. The van der Waals surface area contributed by atoms with Crippen LogP contribution in [0.25, 0.3) is 11.0 Å². The van der Waals surface area contributed by atoms with Crippen LogP contribution < -0.4 is 10.5 Å². The first-order valence-corrected chi connectivity index (χ1v) is 13.8. The number of primary amides is 1. The number of ether oxygens (including phenoxy) is 2. The van der Waals surface area contributed by atoms with Crippen molar-refractivity contribution in [1.29, 1.82) is 0 Å². The Kier molecular flexibility index (Phi) is 7.71. The number of carbonyl (C=O) groups is 2. The number of carboxylic acids is 1. The summed E-state index contributed by atoms with van der Waals surface area (Å²) in [6, 6.07) is 6.07. The van der Waals surface area contributed by atoms with E-state index < -0.39 is 47.1 Å². The third-order valence-corrected chi connectivity index (χ3v) is 7.93. The highest BCUT2D eigenvalue weighted by Crippen LogP contribution is 2.31. The van der Waals surface area contributed by atoms with Crippen LogP contribution in [0.1, 0.15) is 49.8 Å². The Balaban J connectivity index is 1.24. The van der Waals surface area contributed by atoms with Gasteiger partial charge in [0.25, 0.3) is 0 Å². The summed E-state index contributed by atoms with van der Waals surface area (Å²) in [6.07, 6.45) is 1.26. The number of aromatic nitrogens is 3. The van der Waals surface area contributed by atoms with Crippen LogP contribution in [0.5, 0.6) is 5.88 Å². The highest BCUT2D eigenvalue weighted by Gasteiger charge is 2.28. The number of rotatable bonds is 9. The third-order valence-electron chi connectivity index (χ3n) is 7.66. The maximum Gasteiger partial charge on any atom is 0.338 e. The van der Waals surface area contributed by atoms with Crippen molar-refractivity contribution >= 4 is 34.5 Å². The number of carboxylic acid groups (broad SMARTS) is 1. The number of aromatic carboxylic acids is 1. The van der Waals surface area contributed by atoms with Crippen molar-refractivity contribution in [3.63, 3.8) is 0 Å². The van der Waals surface area contributed by atoms with Gasteiger partial charge >= 0.3 is 5.97 Å². The number of nitrogens with zero attached hydrogens (tertiary/aromatic N) is 4. The van der Waals surface area contributed by atoms with Gasteiger partial charge in [-0.05, 0) is 48.7 Å². The molecule has 0 spiro atoms. The molecule has 1 amide bonds. The first-order chi connectivity index (χ1) is 20.6. The molecule has 0 radical (unpaired) electrons. The maximum atomic E-state index is 15.3. The molecule has 2 aromatic carbocycles. The van der Waals surface area contributed by atoms with Crippen molar-refractivity contribution < 1.29 is 37.3 Å². The van der Waals surface area contributed by atoms with Gasteiger partial charge in [-0.15, -0.1) is 0 Å². The molecule has 224 valence electrons. The van der Waals surface area contributed by atoms with Crippen LogP contribution in [0.15, 0.2) is 30.3 Å². The van der Waals surface area contributed by atoms with Crippen LogP contribution in [-0.2, 0) is 37.4 Å². The van der Waals surface area contributed by atoms with Gasteiger partial charge in [0, 0.05) is 25.3 Å². The van der Waals surface area contributed by atoms with E-state index in [1.54, 1.807) is 10.6 Å². The molecule has 2 aromatic heterocycles. The van der Waals surface area contributed by atoms with Gasteiger partial charge in [0.15, 0.2) is 5.82 Å². The lowest BCUT2D eigenvalue weighted by Crippen LogP contribution is -2.34. The van der Waals surface area contributed by atoms with Gasteiger partial charge in [0.2, 0.25) is 11.8 Å². The minimum absolute atomic E-state index is 0.0160. The number of hydrogen-bond donors (Lipinski definition) is 2. The molecule has 2 aliphatic heterocycles. The van der Waals surface area contributed by atoms with Crippen LogP contribution in [0, 0.1) is 17.5 Å². The average molecular weight is 616 g/mol. The van der Waals surface area contributed by atoms with Crippen LogP contribution >= 0.6 is 11.6 Å². The van der Waals surface area contributed by atoms with E-state index in [0.717, 1.165) is 24.1 Å². The molecule has 0 saturated carbocycles. The van der Waals surface area contributed by atoms with Crippen molar-refractivity contribution in [2.45, 2.75) is 45.2 Å². The summed E-state index contributed by atoms with van der Waals surface area (Å²) in [4.78, 5) is 34.0. The Hall–Kier alpha value is -4.20. The number of hydrogen-bond acceptors (Lipinski definition) is 7. The number of halogens is 4. The zero-order valence-electron chi connectivity index (χ0n) is 22.6. The lowest BCUT2D eigenvalue weighted by molar-refractivity contribution is -0.0592. The molecule has 14 heteroatoms. The van der Waals surface area contributed by atoms with E-state index in [9.17, 15) is 23.5 Å². The molecule has 0 aliphatic carbocycles. The second-order valence-corrected chi connectivity index (χ2v) is 10.8. The number of amides is 1. The predicted octanol–water partition coefficient (Wildman–Crippen LogP) is 4.23. The highest BCUT2D eigenvalue weighted by atomic mass is 35.5. The molecule has 2 aliphatic rings. The molecule has 0 bridgehead atoms. The minimum atomic E-state index is -1.36. The van der Waals surface area contributed by atoms with Crippen molar-refractivity contribution in [1.82, 2.24) is 19.4 Å². The Morgan fingerprint density at radius 1 is 1.16 bits per heavy atom. The minimum Gasteiger partial charge on any atom is -0.478 e. The maximum absolute atomic E-state index is 15.3. The van der Waals surface area contributed by atoms with Gasteiger partial charge in [0.1, 0.15) is 34.6 Å². The van der Waals surface area contributed by atoms with Gasteiger partial charge in [0.05, 0.1) is 41.5 Å². The zero-order valence-corrected chi connectivity index (χ0v) is 23.3. The molecule has 10 nitrogen and oxygen atoms in total. The van der Waals surface area contributed by atoms with Crippen molar-refractivity contribution in [3.05, 3.63) is 86.6 Å². The average Bonchev–Trinajstić information content (AvgIpc) is 3.27. The fourth-order valence-corrected chi connectivity index (χ4v) is 5.50. The summed E-state index contributed by atoms with van der Waals surface area (Å²) in [5, 5.41) is 9.61. The summed E-state index contributed by atoms with van der Waals surface area (Å²) in [7, 11) is 0. The first kappa shape index (κ1) is 28.9. The number of fused-ring (bicyclic) bond motifs is 2. The van der Waals surface area contributed by atoms with E-state index in [4.69, 9.17) is 26.8 Å². The smallest absolute Gasteiger partial charge is 0.338 e. The SMILES string of the molecule is NC(=O)c1cc(F)c(COc2nc3c(cc2Cl)CCN(Cc2nc4ccc(C(=O)O)c(F)c4n2C[C@@H]2CCO2)C3)c(F)c1. The second kappa shape index (κ2) is 11.5. The van der Waals surface area contributed by atoms with E-state index in [0.29, 0.717) is 56.2 Å². The quantitative estimate of drug-likeness (QED) is 0.286. The Labute approximate surface area is 247 Å². The van der Waals surface area contributed by atoms with E-state index in [2.05, 4.69) is 9.97 Å². The number of pyridine rings is 1. The van der Waals surface area contributed by atoms with E-state index >= 15 is 4.39 Å². The molecule has 0 unspecified atom stereocenters. The molecule has 6 rings (SSSR count). The molecule has 4 aromatic rings. The van der Waals surface area contributed by atoms with E-state index in [-0.39, 0.29) is 28.1 Å². The summed E-state index contributed by atoms with van der Waals surface area (Å²) < 4.78 is 57.1. The molecule has 4 heterocycles. The molecule has 1 fully saturated rings. The molecule has 1 saturated heterocycles. The summed E-state index contributed by atoms with van der Waals surface area (Å²) >= 11 is 6.37. The van der Waals surface area contributed by atoms with Gasteiger partial charge in [-0.3, -0.25) is 9.69 Å². The topological polar surface area (TPSA) is 133 Å². The molecular weight excluding hydrogens is 591 g/mol. The molecule has 43 heavy (non-hydrogen) atoms. The number of nitrogens with two attached hydrogens (primary N) is 1. The zero-order chi connectivity index (χ0) is 30.4. The number of carbonyl (C=O) groups excluding carboxylic acids is 1. The van der Waals surface area contributed by atoms with Crippen molar-refractivity contribution in [3.8, 4) is 5.88 Å². The monoisotopic (exact) mass is 615 g/mol. The van der Waals surface area contributed by atoms with E-state index in [1.165, 1.54) is 12.1 Å². The van der Waals surface area contributed by atoms with Crippen molar-refractivity contribution in [2.75, 3.05) is 13.2 Å². The van der Waals surface area contributed by atoms with Gasteiger partial charge in [-0.25, -0.2) is 27.9 Å². The fourth-order valence-electron chi connectivity index (χ4n) is 5.27. The molecule has 1 atom stereocenters. The predicted molar refractivity (Wildman–Crippen MR) is 147 cm³/mol. The third kappa shape index (κ3) is 5.63. The number of imidazole rings is 1. The number of benzene rings is 2. The summed E-state index contributed by atoms with van der Waals surface area (Å²) in [6.45, 7) is 1.68.